The number of aromatic nitrogens is 4. The van der Waals surface area contributed by atoms with Crippen LogP contribution in [0.2, 0.25) is 5.28 Å². The lowest BCUT2D eigenvalue weighted by Crippen LogP contribution is -1.96. The zero-order valence-corrected chi connectivity index (χ0v) is 15.4. The van der Waals surface area contributed by atoms with Gasteiger partial charge in [-0.25, -0.2) is 14.8 Å². The van der Waals surface area contributed by atoms with Crippen molar-refractivity contribution >= 4 is 50.2 Å². The third-order valence-electron chi connectivity index (χ3n) is 3.44. The molecule has 1 N–H and O–H groups in total. The molecule has 0 amide bonds. The quantitative estimate of drug-likeness (QED) is 0.406. The van der Waals surface area contributed by atoms with Gasteiger partial charge in [0.05, 0.1) is 13.4 Å². The SMILES string of the molecule is CC.COC(=O)c1cc2ccc(-c3nc(Cl)nc4nc[nH]c34)cc2s1. The normalized spacial score (nSPS) is 10.6. The van der Waals surface area contributed by atoms with E-state index < -0.39 is 0 Å². The first kappa shape index (κ1) is 17.3. The number of hydrogen-bond acceptors (Lipinski definition) is 6. The smallest absolute Gasteiger partial charge is 0.348 e. The number of hydrogen-bond donors (Lipinski definition) is 1. The van der Waals surface area contributed by atoms with Crippen molar-refractivity contribution in [1.29, 1.82) is 0 Å². The molecule has 0 atom stereocenters. The van der Waals surface area contributed by atoms with Crippen LogP contribution in [-0.4, -0.2) is 33.0 Å². The number of rotatable bonds is 2. The van der Waals surface area contributed by atoms with Crippen molar-refractivity contribution in [2.45, 2.75) is 13.8 Å². The number of nitrogens with zero attached hydrogens (tertiary/aromatic N) is 3. The number of nitrogens with one attached hydrogen (secondary N) is 1. The Hall–Kier alpha value is -2.51. The van der Waals surface area contributed by atoms with E-state index in [1.54, 1.807) is 6.33 Å². The van der Waals surface area contributed by atoms with Gasteiger partial charge < -0.3 is 9.72 Å². The molecule has 0 aliphatic heterocycles. The number of esters is 1. The zero-order valence-electron chi connectivity index (χ0n) is 13.8. The first-order valence-corrected chi connectivity index (χ1v) is 8.84. The highest BCUT2D eigenvalue weighted by molar-refractivity contribution is 7.20. The van der Waals surface area contributed by atoms with E-state index in [-0.39, 0.29) is 11.3 Å². The van der Waals surface area contributed by atoms with Crippen molar-refractivity contribution < 1.29 is 9.53 Å². The minimum atomic E-state index is -0.339. The minimum Gasteiger partial charge on any atom is -0.465 e. The zero-order chi connectivity index (χ0) is 18.0. The second-order valence-electron chi connectivity index (χ2n) is 4.80. The first-order chi connectivity index (χ1) is 12.2. The standard InChI is InChI=1S/C15H9ClN4O2S.C2H6/c1-22-14(21)10-4-7-2-3-8(5-9(7)23-10)11-12-13(18-6-17-12)20-15(16)19-11;1-2/h2-6H,1H3,(H,17,18,19,20);1-2H3. The van der Waals surface area contributed by atoms with E-state index in [9.17, 15) is 4.79 Å². The Morgan fingerprint density at radius 2 is 2.04 bits per heavy atom. The summed E-state index contributed by atoms with van der Waals surface area (Å²) < 4.78 is 5.73. The van der Waals surface area contributed by atoms with Gasteiger partial charge in [0.25, 0.3) is 0 Å². The third kappa shape index (κ3) is 3.20. The lowest BCUT2D eigenvalue weighted by atomic mass is 10.1. The van der Waals surface area contributed by atoms with Crippen molar-refractivity contribution in [2.75, 3.05) is 7.11 Å². The summed E-state index contributed by atoms with van der Waals surface area (Å²) in [6.45, 7) is 4.00. The van der Waals surface area contributed by atoms with Gasteiger partial charge in [-0.2, -0.15) is 4.98 Å². The van der Waals surface area contributed by atoms with Crippen LogP contribution in [0.15, 0.2) is 30.6 Å². The molecular formula is C17H15ClN4O2S. The molecule has 128 valence electrons. The maximum absolute atomic E-state index is 11.7. The number of carbonyl (C=O) groups is 1. The average molecular weight is 375 g/mol. The molecule has 0 spiro atoms. The summed E-state index contributed by atoms with van der Waals surface area (Å²) in [5, 5.41) is 1.11. The van der Waals surface area contributed by atoms with Gasteiger partial charge in [-0.3, -0.25) is 0 Å². The maximum atomic E-state index is 11.7. The molecular weight excluding hydrogens is 360 g/mol. The third-order valence-corrected chi connectivity index (χ3v) is 4.69. The first-order valence-electron chi connectivity index (χ1n) is 7.64. The van der Waals surface area contributed by atoms with Gasteiger partial charge in [-0.15, -0.1) is 11.3 Å². The Balaban J connectivity index is 0.000000880. The van der Waals surface area contributed by atoms with Gasteiger partial charge in [0.1, 0.15) is 16.1 Å². The largest absolute Gasteiger partial charge is 0.465 e. The number of ether oxygens (including phenoxy) is 1. The lowest BCUT2D eigenvalue weighted by molar-refractivity contribution is 0.0606. The van der Waals surface area contributed by atoms with Gasteiger partial charge in [-0.1, -0.05) is 26.0 Å². The summed E-state index contributed by atoms with van der Waals surface area (Å²) in [5.74, 6) is -0.339. The van der Waals surface area contributed by atoms with Crippen LogP contribution < -0.4 is 0 Å². The molecule has 0 saturated heterocycles. The number of thiophene rings is 1. The van der Waals surface area contributed by atoms with Gasteiger partial charge in [0.15, 0.2) is 5.65 Å². The van der Waals surface area contributed by atoms with Crippen molar-refractivity contribution in [1.82, 2.24) is 19.9 Å². The van der Waals surface area contributed by atoms with Crippen LogP contribution in [0.25, 0.3) is 32.5 Å². The van der Waals surface area contributed by atoms with Crippen LogP contribution in [0.3, 0.4) is 0 Å². The van der Waals surface area contributed by atoms with E-state index in [1.807, 2.05) is 38.1 Å². The maximum Gasteiger partial charge on any atom is 0.348 e. The van der Waals surface area contributed by atoms with E-state index in [4.69, 9.17) is 16.3 Å². The number of fused-ring (bicyclic) bond motifs is 2. The molecule has 0 bridgehead atoms. The molecule has 6 nitrogen and oxygen atoms in total. The number of methoxy groups -OCH3 is 1. The molecule has 4 rings (SSSR count). The Kier molecular flexibility index (Phi) is 4.96. The molecule has 3 aromatic heterocycles. The van der Waals surface area contributed by atoms with E-state index in [1.165, 1.54) is 18.4 Å². The summed E-state index contributed by atoms with van der Waals surface area (Å²) in [6.07, 6.45) is 1.55. The van der Waals surface area contributed by atoms with E-state index in [0.29, 0.717) is 16.2 Å². The number of carbonyl (C=O) groups excluding carboxylic acids is 1. The van der Waals surface area contributed by atoms with Crippen molar-refractivity contribution in [2.24, 2.45) is 0 Å². The van der Waals surface area contributed by atoms with Crippen LogP contribution in [0, 0.1) is 0 Å². The van der Waals surface area contributed by atoms with Gasteiger partial charge in [0, 0.05) is 10.3 Å². The molecule has 3 heterocycles. The summed E-state index contributed by atoms with van der Waals surface area (Å²) in [6, 6.07) is 7.64. The van der Waals surface area contributed by atoms with E-state index in [2.05, 4.69) is 19.9 Å². The van der Waals surface area contributed by atoms with E-state index in [0.717, 1.165) is 21.2 Å². The fourth-order valence-corrected chi connectivity index (χ4v) is 3.58. The summed E-state index contributed by atoms with van der Waals surface area (Å²) >= 11 is 7.35. The fraction of sp³-hybridized carbons (Fsp3) is 0.176. The molecule has 25 heavy (non-hydrogen) atoms. The summed E-state index contributed by atoms with van der Waals surface area (Å²) in [4.78, 5) is 27.7. The average Bonchev–Trinajstić information content (AvgIpc) is 3.27. The molecule has 0 aliphatic carbocycles. The predicted octanol–water partition coefficient (Wildman–Crippen LogP) is 4.70. The number of halogens is 1. The molecule has 0 radical (unpaired) electrons. The second-order valence-corrected chi connectivity index (χ2v) is 6.22. The van der Waals surface area contributed by atoms with Crippen molar-refractivity contribution in [3.8, 4) is 11.3 Å². The molecule has 8 heteroatoms. The highest BCUT2D eigenvalue weighted by Gasteiger charge is 2.14. The highest BCUT2D eigenvalue weighted by atomic mass is 35.5. The van der Waals surface area contributed by atoms with Crippen LogP contribution in [0.4, 0.5) is 0 Å². The van der Waals surface area contributed by atoms with Crippen LogP contribution in [-0.2, 0) is 4.74 Å². The monoisotopic (exact) mass is 374 g/mol. The van der Waals surface area contributed by atoms with Crippen molar-refractivity contribution in [3.63, 3.8) is 0 Å². The van der Waals surface area contributed by atoms with Gasteiger partial charge in [0.2, 0.25) is 5.28 Å². The van der Waals surface area contributed by atoms with Crippen LogP contribution >= 0.6 is 22.9 Å². The Morgan fingerprint density at radius 3 is 2.80 bits per heavy atom. The van der Waals surface area contributed by atoms with Crippen LogP contribution in [0.5, 0.6) is 0 Å². The topological polar surface area (TPSA) is 80.8 Å². The molecule has 0 aliphatic rings. The summed E-state index contributed by atoms with van der Waals surface area (Å²) in [7, 11) is 1.37. The number of imidazole rings is 1. The second kappa shape index (κ2) is 7.16. The Morgan fingerprint density at radius 1 is 1.24 bits per heavy atom. The molecule has 0 unspecified atom stereocenters. The molecule has 0 saturated carbocycles. The predicted molar refractivity (Wildman–Crippen MR) is 100 cm³/mol. The Labute approximate surface area is 152 Å². The molecule has 0 fully saturated rings. The van der Waals surface area contributed by atoms with Gasteiger partial charge in [-0.05, 0) is 29.1 Å². The number of benzene rings is 1. The number of H-pyrrole nitrogens is 1. The van der Waals surface area contributed by atoms with E-state index >= 15 is 0 Å². The molecule has 1 aromatic carbocycles. The lowest BCUT2D eigenvalue weighted by Gasteiger charge is -2.03. The highest BCUT2D eigenvalue weighted by Crippen LogP contribution is 2.32. The Bertz CT molecular complexity index is 1060. The molecule has 4 aromatic rings. The van der Waals surface area contributed by atoms with Gasteiger partial charge >= 0.3 is 5.97 Å². The van der Waals surface area contributed by atoms with Crippen LogP contribution in [0.1, 0.15) is 23.5 Å². The summed E-state index contributed by atoms with van der Waals surface area (Å²) in [5.41, 5.74) is 2.78. The number of aromatic amines is 1. The van der Waals surface area contributed by atoms with Crippen molar-refractivity contribution in [3.05, 3.63) is 40.8 Å². The fourth-order valence-electron chi connectivity index (χ4n) is 2.40. The minimum absolute atomic E-state index is 0.140.